The summed E-state index contributed by atoms with van der Waals surface area (Å²) in [6.45, 7) is 8.36. The van der Waals surface area contributed by atoms with Crippen LogP contribution in [0.3, 0.4) is 0 Å². The highest BCUT2D eigenvalue weighted by molar-refractivity contribution is 5.60. The molecule has 22 heavy (non-hydrogen) atoms. The van der Waals surface area contributed by atoms with Gasteiger partial charge in [0.1, 0.15) is 6.07 Å². The average molecular weight is 295 g/mol. The first-order valence-corrected chi connectivity index (χ1v) is 7.79. The van der Waals surface area contributed by atoms with E-state index in [4.69, 9.17) is 4.42 Å². The Morgan fingerprint density at radius 3 is 2.41 bits per heavy atom. The van der Waals surface area contributed by atoms with Crippen LogP contribution in [0.4, 0.5) is 5.88 Å². The third-order valence-electron chi connectivity index (χ3n) is 4.17. The van der Waals surface area contributed by atoms with Crippen molar-refractivity contribution < 1.29 is 4.42 Å². The van der Waals surface area contributed by atoms with Crippen molar-refractivity contribution in [1.82, 2.24) is 4.98 Å². The molecule has 1 fully saturated rings. The molecule has 0 N–H and O–H groups in total. The minimum absolute atomic E-state index is 0.386. The van der Waals surface area contributed by atoms with Crippen molar-refractivity contribution in [3.05, 3.63) is 35.5 Å². The highest BCUT2D eigenvalue weighted by Gasteiger charge is 2.27. The molecule has 2 unspecified atom stereocenters. The lowest BCUT2D eigenvalue weighted by Crippen LogP contribution is -2.38. The molecule has 1 aliphatic heterocycles. The van der Waals surface area contributed by atoms with Crippen molar-refractivity contribution in [2.45, 2.75) is 27.2 Å². The average Bonchev–Trinajstić information content (AvgIpc) is 2.91. The van der Waals surface area contributed by atoms with Crippen molar-refractivity contribution in [2.75, 3.05) is 18.0 Å². The molecule has 1 aliphatic rings. The van der Waals surface area contributed by atoms with Crippen LogP contribution in [0.2, 0.25) is 0 Å². The fourth-order valence-corrected chi connectivity index (χ4v) is 3.25. The summed E-state index contributed by atoms with van der Waals surface area (Å²) in [4.78, 5) is 6.55. The highest BCUT2D eigenvalue weighted by atomic mass is 16.4. The van der Waals surface area contributed by atoms with Gasteiger partial charge in [-0.1, -0.05) is 31.5 Å². The second kappa shape index (κ2) is 5.84. The van der Waals surface area contributed by atoms with Crippen LogP contribution in [0, 0.1) is 30.1 Å². The summed E-state index contributed by atoms with van der Waals surface area (Å²) in [7, 11) is 0. The van der Waals surface area contributed by atoms with Crippen LogP contribution in [0.5, 0.6) is 0 Å². The van der Waals surface area contributed by atoms with Gasteiger partial charge in [0.05, 0.1) is 0 Å². The number of hydrogen-bond acceptors (Lipinski definition) is 4. The molecule has 2 heterocycles. The van der Waals surface area contributed by atoms with Gasteiger partial charge in [0, 0.05) is 18.7 Å². The first-order valence-electron chi connectivity index (χ1n) is 7.79. The number of nitriles is 1. The zero-order chi connectivity index (χ0) is 15.7. The molecule has 0 saturated carbocycles. The zero-order valence-electron chi connectivity index (χ0n) is 13.3. The van der Waals surface area contributed by atoms with Gasteiger partial charge in [-0.25, -0.2) is 0 Å². The normalized spacial score (nSPS) is 21.6. The van der Waals surface area contributed by atoms with Gasteiger partial charge in [0.25, 0.3) is 0 Å². The standard InChI is InChI=1S/C18H21N3O/c1-12-4-6-15(7-5-12)17-20-16(9-19)18(22-17)21-10-13(2)8-14(3)11-21/h4-7,13-14H,8,10-11H2,1-3H3. The minimum atomic E-state index is 0.386. The molecule has 4 heteroatoms. The Labute approximate surface area is 131 Å². The Morgan fingerprint density at radius 2 is 1.82 bits per heavy atom. The van der Waals surface area contributed by atoms with E-state index < -0.39 is 0 Å². The predicted molar refractivity (Wildman–Crippen MR) is 86.5 cm³/mol. The number of anilines is 1. The van der Waals surface area contributed by atoms with Gasteiger partial charge in [-0.2, -0.15) is 10.2 Å². The lowest BCUT2D eigenvalue weighted by molar-refractivity contribution is 0.344. The number of hydrogen-bond donors (Lipinski definition) is 0. The molecule has 0 amide bonds. The Morgan fingerprint density at radius 1 is 1.18 bits per heavy atom. The molecule has 0 spiro atoms. The maximum absolute atomic E-state index is 9.39. The quantitative estimate of drug-likeness (QED) is 0.840. The summed E-state index contributed by atoms with van der Waals surface area (Å²) in [5.74, 6) is 2.35. The van der Waals surface area contributed by atoms with E-state index in [2.05, 4.69) is 29.8 Å². The summed E-state index contributed by atoms with van der Waals surface area (Å²) in [5.41, 5.74) is 2.48. The molecule has 3 rings (SSSR count). The van der Waals surface area contributed by atoms with E-state index >= 15 is 0 Å². The highest BCUT2D eigenvalue weighted by Crippen LogP contribution is 2.32. The molecule has 2 atom stereocenters. The number of oxazole rings is 1. The summed E-state index contributed by atoms with van der Waals surface area (Å²) in [5, 5.41) is 9.39. The predicted octanol–water partition coefficient (Wildman–Crippen LogP) is 4.00. The van der Waals surface area contributed by atoms with E-state index in [9.17, 15) is 5.26 Å². The number of aryl methyl sites for hydroxylation is 1. The van der Waals surface area contributed by atoms with Crippen molar-refractivity contribution >= 4 is 5.88 Å². The van der Waals surface area contributed by atoms with Gasteiger partial charge in [-0.3, -0.25) is 0 Å². The smallest absolute Gasteiger partial charge is 0.235 e. The van der Waals surface area contributed by atoms with Gasteiger partial charge >= 0.3 is 0 Å². The summed E-state index contributed by atoms with van der Waals surface area (Å²) < 4.78 is 5.96. The molecular formula is C18H21N3O. The third kappa shape index (κ3) is 2.85. The monoisotopic (exact) mass is 295 g/mol. The second-order valence-electron chi connectivity index (χ2n) is 6.50. The fraction of sp³-hybridized carbons (Fsp3) is 0.444. The largest absolute Gasteiger partial charge is 0.419 e. The molecule has 1 saturated heterocycles. The Balaban J connectivity index is 1.95. The number of aromatic nitrogens is 1. The molecule has 114 valence electrons. The van der Waals surface area contributed by atoms with Crippen LogP contribution < -0.4 is 4.90 Å². The number of benzene rings is 1. The van der Waals surface area contributed by atoms with Crippen LogP contribution in [-0.4, -0.2) is 18.1 Å². The fourth-order valence-electron chi connectivity index (χ4n) is 3.25. The zero-order valence-corrected chi connectivity index (χ0v) is 13.3. The van der Waals surface area contributed by atoms with Crippen LogP contribution in [0.15, 0.2) is 28.7 Å². The Bertz CT molecular complexity index is 686. The van der Waals surface area contributed by atoms with Crippen LogP contribution in [-0.2, 0) is 0 Å². The topological polar surface area (TPSA) is 53.1 Å². The van der Waals surface area contributed by atoms with E-state index in [0.717, 1.165) is 18.7 Å². The first-order chi connectivity index (χ1) is 10.6. The summed E-state index contributed by atoms with van der Waals surface area (Å²) in [6, 6.07) is 10.2. The second-order valence-corrected chi connectivity index (χ2v) is 6.50. The lowest BCUT2D eigenvalue weighted by atomic mass is 9.92. The Kier molecular flexibility index (Phi) is 3.89. The van der Waals surface area contributed by atoms with Gasteiger partial charge in [0.15, 0.2) is 0 Å². The first kappa shape index (κ1) is 14.6. The molecule has 1 aromatic carbocycles. The summed E-state index contributed by atoms with van der Waals surface area (Å²) >= 11 is 0. The number of nitrogens with zero attached hydrogens (tertiary/aromatic N) is 3. The molecule has 0 aliphatic carbocycles. The van der Waals surface area contributed by atoms with Gasteiger partial charge < -0.3 is 9.32 Å². The lowest BCUT2D eigenvalue weighted by Gasteiger charge is -2.34. The number of rotatable bonds is 2. The molecule has 1 aromatic heterocycles. The van der Waals surface area contributed by atoms with E-state index in [-0.39, 0.29) is 0 Å². The van der Waals surface area contributed by atoms with E-state index in [0.29, 0.717) is 29.3 Å². The van der Waals surface area contributed by atoms with Crippen molar-refractivity contribution in [2.24, 2.45) is 11.8 Å². The molecule has 0 radical (unpaired) electrons. The van der Waals surface area contributed by atoms with Crippen molar-refractivity contribution in [1.29, 1.82) is 5.26 Å². The van der Waals surface area contributed by atoms with E-state index in [1.165, 1.54) is 12.0 Å². The Hall–Kier alpha value is -2.28. The maximum Gasteiger partial charge on any atom is 0.235 e. The molecule has 4 nitrogen and oxygen atoms in total. The number of piperidine rings is 1. The van der Waals surface area contributed by atoms with Crippen LogP contribution >= 0.6 is 0 Å². The van der Waals surface area contributed by atoms with Crippen molar-refractivity contribution in [3.8, 4) is 17.5 Å². The van der Waals surface area contributed by atoms with E-state index in [1.807, 2.05) is 31.2 Å². The third-order valence-corrected chi connectivity index (χ3v) is 4.17. The van der Waals surface area contributed by atoms with Gasteiger partial charge in [-0.15, -0.1) is 0 Å². The minimum Gasteiger partial charge on any atom is -0.419 e. The maximum atomic E-state index is 9.39. The SMILES string of the molecule is Cc1ccc(-c2nc(C#N)c(N3CC(C)CC(C)C3)o2)cc1. The summed E-state index contributed by atoms with van der Waals surface area (Å²) in [6.07, 6.45) is 1.22. The van der Waals surface area contributed by atoms with Crippen molar-refractivity contribution in [3.63, 3.8) is 0 Å². The van der Waals surface area contributed by atoms with Gasteiger partial charge in [0.2, 0.25) is 17.5 Å². The van der Waals surface area contributed by atoms with E-state index in [1.54, 1.807) is 0 Å². The molecule has 2 aromatic rings. The van der Waals surface area contributed by atoms with Gasteiger partial charge in [-0.05, 0) is 37.3 Å². The molecular weight excluding hydrogens is 274 g/mol. The molecule has 0 bridgehead atoms. The van der Waals surface area contributed by atoms with Crippen LogP contribution in [0.1, 0.15) is 31.5 Å². The van der Waals surface area contributed by atoms with Crippen LogP contribution in [0.25, 0.3) is 11.5 Å².